The monoisotopic (exact) mass is 561 g/mol. The average molecular weight is 561 g/mol. The predicted octanol–water partition coefficient (Wildman–Crippen LogP) is 1.61. The van der Waals surface area contributed by atoms with Crippen LogP contribution in [0.5, 0.6) is 0 Å². The number of aromatic nitrogens is 2. The first kappa shape index (κ1) is 28.1. The summed E-state index contributed by atoms with van der Waals surface area (Å²) in [7, 11) is 0. The number of H-pyrrole nitrogens is 1. The second kappa shape index (κ2) is 10.0. The second-order valence-corrected chi connectivity index (χ2v) is 9.53. The van der Waals surface area contributed by atoms with E-state index in [0.29, 0.717) is 0 Å². The number of halogens is 6. The molecule has 1 saturated heterocycles. The van der Waals surface area contributed by atoms with Crippen LogP contribution >= 0.6 is 0 Å². The van der Waals surface area contributed by atoms with E-state index < -0.39 is 72.3 Å². The SMILES string of the molecule is Cc1c(C)c(=O)[nH][n+](OC(=O)C(F)(F)F)c1Cc1ccc(F)c(C(=O)N2CCN(C3CC(F)(F)C3)C(=O)C2)c1. The fourth-order valence-corrected chi connectivity index (χ4v) is 4.51. The van der Waals surface area contributed by atoms with E-state index in [1.54, 1.807) is 0 Å². The Kier molecular flexibility index (Phi) is 7.21. The lowest BCUT2D eigenvalue weighted by Crippen LogP contribution is -2.60. The maximum Gasteiger partial charge on any atom is 0.498 e. The molecule has 210 valence electrons. The molecule has 1 saturated carbocycles. The Morgan fingerprint density at radius 2 is 1.79 bits per heavy atom. The average Bonchev–Trinajstić information content (AvgIpc) is 2.83. The highest BCUT2D eigenvalue weighted by atomic mass is 19.4. The van der Waals surface area contributed by atoms with Crippen LogP contribution in [-0.4, -0.2) is 70.5 Å². The number of carbonyl (C=O) groups excluding carboxylic acids is 3. The first-order chi connectivity index (χ1) is 18.1. The lowest BCUT2D eigenvalue weighted by Gasteiger charge is -2.45. The van der Waals surface area contributed by atoms with Gasteiger partial charge in [-0.1, -0.05) is 11.2 Å². The van der Waals surface area contributed by atoms with Gasteiger partial charge in [-0.25, -0.2) is 18.0 Å². The molecule has 15 heteroatoms. The van der Waals surface area contributed by atoms with E-state index in [2.05, 4.69) is 4.84 Å². The summed E-state index contributed by atoms with van der Waals surface area (Å²) < 4.78 is 79.4. The van der Waals surface area contributed by atoms with E-state index in [1.807, 2.05) is 5.10 Å². The summed E-state index contributed by atoms with van der Waals surface area (Å²) in [6.07, 6.45) is -6.54. The molecule has 0 bridgehead atoms. The Labute approximate surface area is 216 Å². The molecule has 1 aromatic carbocycles. The van der Waals surface area contributed by atoms with Crippen molar-refractivity contribution in [3.8, 4) is 0 Å². The van der Waals surface area contributed by atoms with Gasteiger partial charge in [0.05, 0.1) is 12.0 Å². The van der Waals surface area contributed by atoms with Gasteiger partial charge in [-0.3, -0.25) is 14.4 Å². The summed E-state index contributed by atoms with van der Waals surface area (Å²) in [4.78, 5) is 56.0. The van der Waals surface area contributed by atoms with Crippen LogP contribution in [0, 0.1) is 19.7 Å². The van der Waals surface area contributed by atoms with Gasteiger partial charge in [0.2, 0.25) is 5.91 Å². The van der Waals surface area contributed by atoms with Crippen molar-refractivity contribution < 1.29 is 50.4 Å². The predicted molar refractivity (Wildman–Crippen MR) is 119 cm³/mol. The van der Waals surface area contributed by atoms with Gasteiger partial charge in [-0.15, -0.1) is 0 Å². The first-order valence-electron chi connectivity index (χ1n) is 11.8. The fourth-order valence-electron chi connectivity index (χ4n) is 4.51. The highest BCUT2D eigenvalue weighted by Crippen LogP contribution is 2.40. The number of piperazine rings is 1. The van der Waals surface area contributed by atoms with Crippen LogP contribution in [0.3, 0.4) is 0 Å². The zero-order valence-corrected chi connectivity index (χ0v) is 20.7. The molecule has 1 aliphatic heterocycles. The van der Waals surface area contributed by atoms with Gasteiger partial charge in [0, 0.05) is 43.1 Å². The number of aromatic amines is 1. The van der Waals surface area contributed by atoms with Gasteiger partial charge in [-0.05, 0) is 31.5 Å². The molecule has 2 amide bonds. The smallest absolute Gasteiger partial charge is 0.336 e. The number of alkyl halides is 5. The van der Waals surface area contributed by atoms with E-state index >= 15 is 0 Å². The molecule has 4 rings (SSSR count). The Morgan fingerprint density at radius 1 is 1.13 bits per heavy atom. The normalized spacial score (nSPS) is 17.7. The summed E-state index contributed by atoms with van der Waals surface area (Å²) in [6, 6.07) is 2.72. The fraction of sp³-hybridized carbons (Fsp3) is 0.458. The van der Waals surface area contributed by atoms with Crippen molar-refractivity contribution in [2.24, 2.45) is 0 Å². The van der Waals surface area contributed by atoms with Gasteiger partial charge >= 0.3 is 17.7 Å². The molecule has 0 atom stereocenters. The third kappa shape index (κ3) is 5.76. The number of hydrogen-bond donors (Lipinski definition) is 1. The molecule has 39 heavy (non-hydrogen) atoms. The number of nitrogens with one attached hydrogen (secondary N) is 1. The van der Waals surface area contributed by atoms with E-state index in [9.17, 15) is 45.5 Å². The summed E-state index contributed by atoms with van der Waals surface area (Å²) in [5, 5.41) is 2.02. The number of carbonyl (C=O) groups is 3. The van der Waals surface area contributed by atoms with Gasteiger partial charge in [0.25, 0.3) is 17.5 Å². The highest BCUT2D eigenvalue weighted by Gasteiger charge is 2.50. The second-order valence-electron chi connectivity index (χ2n) is 9.53. The molecule has 2 fully saturated rings. The minimum atomic E-state index is -5.35. The van der Waals surface area contributed by atoms with Crippen molar-refractivity contribution in [1.82, 2.24) is 14.9 Å². The number of hydrogen-bond acceptors (Lipinski definition) is 5. The van der Waals surface area contributed by atoms with Gasteiger partial charge < -0.3 is 9.80 Å². The molecule has 0 radical (unpaired) electrons. The lowest BCUT2D eigenvalue weighted by atomic mass is 9.86. The van der Waals surface area contributed by atoms with Crippen molar-refractivity contribution in [3.63, 3.8) is 0 Å². The van der Waals surface area contributed by atoms with Gasteiger partial charge in [-0.2, -0.15) is 18.0 Å². The van der Waals surface area contributed by atoms with Crippen molar-refractivity contribution in [3.05, 3.63) is 62.3 Å². The maximum absolute atomic E-state index is 14.7. The van der Waals surface area contributed by atoms with Crippen LogP contribution in [0.15, 0.2) is 23.0 Å². The molecule has 1 aliphatic carbocycles. The zero-order valence-electron chi connectivity index (χ0n) is 20.7. The van der Waals surface area contributed by atoms with Crippen LogP contribution in [0.1, 0.15) is 45.6 Å². The van der Waals surface area contributed by atoms with Crippen LogP contribution < -0.4 is 15.2 Å². The summed E-state index contributed by atoms with van der Waals surface area (Å²) >= 11 is 0. The highest BCUT2D eigenvalue weighted by molar-refractivity contribution is 5.97. The topological polar surface area (TPSA) is 104 Å². The number of amides is 2. The molecule has 1 N–H and O–H groups in total. The minimum Gasteiger partial charge on any atom is -0.336 e. The molecule has 9 nitrogen and oxygen atoms in total. The Balaban J connectivity index is 1.56. The van der Waals surface area contributed by atoms with E-state index in [1.165, 1.54) is 24.8 Å². The van der Waals surface area contributed by atoms with Crippen molar-refractivity contribution in [2.75, 3.05) is 19.6 Å². The molecular formula is C24H23F6N4O5+. The first-order valence-corrected chi connectivity index (χ1v) is 11.8. The van der Waals surface area contributed by atoms with Crippen molar-refractivity contribution in [2.45, 2.75) is 51.3 Å². The van der Waals surface area contributed by atoms with E-state index in [4.69, 9.17) is 0 Å². The molecule has 0 spiro atoms. The Bertz CT molecular complexity index is 1400. The molecule has 0 unspecified atom stereocenters. The molecule has 1 aromatic heterocycles. The zero-order chi connectivity index (χ0) is 28.9. The molecule has 2 aromatic rings. The molecule has 2 aliphatic rings. The Hall–Kier alpha value is -3.91. The third-order valence-corrected chi connectivity index (χ3v) is 6.88. The largest absolute Gasteiger partial charge is 0.498 e. The summed E-state index contributed by atoms with van der Waals surface area (Å²) in [5.41, 5.74) is -0.779. The number of benzene rings is 1. The van der Waals surface area contributed by atoms with Crippen LogP contribution in [-0.2, 0) is 16.0 Å². The van der Waals surface area contributed by atoms with Crippen LogP contribution in [0.2, 0.25) is 0 Å². The standard InChI is InChI=1S/C24H22F6N4O5/c1-12-13(2)20(36)31-34(39-22(38)24(28,29)30)18(12)8-14-3-4-17(25)16(7-14)21(37)32-5-6-33(19(35)11-32)15-9-23(26,27)10-15/h3-4,7,15H,5-6,8-11H2,1-2H3/p+1. The Morgan fingerprint density at radius 3 is 2.38 bits per heavy atom. The lowest BCUT2D eigenvalue weighted by molar-refractivity contribution is -0.921. The minimum absolute atomic E-state index is 0.00700. The summed E-state index contributed by atoms with van der Waals surface area (Å²) in [6.45, 7) is 2.37. The van der Waals surface area contributed by atoms with Crippen molar-refractivity contribution >= 4 is 17.8 Å². The quantitative estimate of drug-likeness (QED) is 0.442. The maximum atomic E-state index is 14.7. The molecule has 2 heterocycles. The number of nitrogens with zero attached hydrogens (tertiary/aromatic N) is 3. The van der Waals surface area contributed by atoms with Gasteiger partial charge in [0.1, 0.15) is 17.2 Å². The third-order valence-electron chi connectivity index (χ3n) is 6.88. The van der Waals surface area contributed by atoms with Crippen LogP contribution in [0.4, 0.5) is 26.3 Å². The van der Waals surface area contributed by atoms with Crippen LogP contribution in [0.25, 0.3) is 0 Å². The van der Waals surface area contributed by atoms with Gasteiger partial charge in [0.15, 0.2) is 0 Å². The number of rotatable bonds is 5. The van der Waals surface area contributed by atoms with E-state index in [-0.39, 0.29) is 46.7 Å². The summed E-state index contributed by atoms with van der Waals surface area (Å²) in [5.74, 6) is -7.72. The van der Waals surface area contributed by atoms with Crippen molar-refractivity contribution in [1.29, 1.82) is 0 Å². The van der Waals surface area contributed by atoms with E-state index in [0.717, 1.165) is 17.0 Å². The molecular weight excluding hydrogens is 538 g/mol.